The number of benzene rings is 9. The summed E-state index contributed by atoms with van der Waals surface area (Å²) in [5.41, 5.74) is 0. The van der Waals surface area contributed by atoms with Crippen molar-refractivity contribution in [1.82, 2.24) is 0 Å². The number of hydrogen-bond donors (Lipinski definition) is 0. The molecule has 0 fully saturated rings. The van der Waals surface area contributed by atoms with Crippen LogP contribution in [0.15, 0.2) is 218 Å². The molecule has 9 aromatic carbocycles. The maximum Gasteiger partial charge on any atom is 0.528 e. The summed E-state index contributed by atoms with van der Waals surface area (Å²) in [6, 6.07) is 63.7. The quantitative estimate of drug-likeness (QED) is 0.0616. The first kappa shape index (κ1) is 60.8. The molecule has 9 aromatic rings. The second-order valence-electron chi connectivity index (χ2n) is 14.5. The van der Waals surface area contributed by atoms with Crippen molar-refractivity contribution < 1.29 is 57.2 Å². The monoisotopic (exact) mass is 1300 g/mol. The first-order chi connectivity index (χ1) is 36.4. The predicted octanol–water partition coefficient (Wildman–Crippen LogP) is 21.4. The smallest absolute Gasteiger partial charge is 0.271 e. The van der Waals surface area contributed by atoms with Crippen LogP contribution in [-0.2, 0) is 16.5 Å². The molecule has 0 radical (unpaired) electrons. The van der Waals surface area contributed by atoms with Crippen molar-refractivity contribution in [2.24, 2.45) is 0 Å². The van der Waals surface area contributed by atoms with Crippen LogP contribution in [-0.4, -0.2) is 0 Å². The Kier molecular flexibility index (Phi) is 25.5. The van der Waals surface area contributed by atoms with Gasteiger partial charge in [0.15, 0.2) is 0 Å². The van der Waals surface area contributed by atoms with E-state index in [1.165, 1.54) is 0 Å². The van der Waals surface area contributed by atoms with E-state index in [4.69, 9.17) is 145 Å². The third-order valence-electron chi connectivity index (χ3n) is 9.27. The molecule has 0 N–H and O–H groups in total. The van der Waals surface area contributed by atoms with Crippen molar-refractivity contribution in [2.75, 3.05) is 0 Å². The fraction of sp³-hybridized carbons (Fsp3) is 0. The molecular weight excluding hydrogens is 1260 g/mol. The number of hydrogen-bond acceptors (Lipinski definition) is 9. The van der Waals surface area contributed by atoms with Crippen LogP contribution in [0.4, 0.5) is 0 Å². The Balaban J connectivity index is 0.000000184. The average molecular weight is 1300 g/mol. The van der Waals surface area contributed by atoms with E-state index in [2.05, 4.69) is 0 Å². The number of halogens is 9. The van der Waals surface area contributed by atoms with Gasteiger partial charge >= 0.3 is 25.8 Å². The molecule has 0 saturated carbocycles. The van der Waals surface area contributed by atoms with E-state index in [-0.39, 0.29) is 16.5 Å². The average Bonchev–Trinajstić information content (AvgIpc) is 3.40. The van der Waals surface area contributed by atoms with Crippen LogP contribution in [0, 0.1) is 0 Å². The first-order valence-corrected chi connectivity index (χ1v) is 28.9. The van der Waals surface area contributed by atoms with Gasteiger partial charge in [0.25, 0.3) is 0 Å². The molecule has 0 saturated heterocycles. The molecule has 394 valence electrons. The van der Waals surface area contributed by atoms with Gasteiger partial charge in [-0.3, -0.25) is 40.7 Å². The Morgan fingerprint density at radius 3 is 0.355 bits per heavy atom. The van der Waals surface area contributed by atoms with Gasteiger partial charge in [0, 0.05) is 16.5 Å². The minimum atomic E-state index is -2.32. The standard InChI is InChI=1S/3C18H13Cl3O3P.Ni/c3*19-13-7-1-4-10-16(13)22-25(23-17-11-5-2-8-14(17)20)24-18-12-6-3-9-15(18)21;/h3*1-12,25H;/q3*+1;. The van der Waals surface area contributed by atoms with Gasteiger partial charge in [0.2, 0.25) is 51.7 Å². The van der Waals surface area contributed by atoms with E-state index in [9.17, 15) is 0 Å². The molecule has 0 atom stereocenters. The predicted molar refractivity (Wildman–Crippen MR) is 314 cm³/mol. The molecule has 0 aliphatic carbocycles. The Hall–Kier alpha value is -4.43. The van der Waals surface area contributed by atoms with E-state index in [0.29, 0.717) is 96.9 Å². The molecule has 0 heterocycles. The third-order valence-corrected chi connectivity index (χ3v) is 15.6. The van der Waals surface area contributed by atoms with Crippen molar-refractivity contribution in [3.63, 3.8) is 0 Å². The molecule has 0 amide bonds. The molecule has 0 aliphatic rings. The zero-order valence-corrected chi connectivity index (χ0v) is 49.5. The summed E-state index contributed by atoms with van der Waals surface area (Å²) in [6.45, 7) is 0. The van der Waals surface area contributed by atoms with Crippen molar-refractivity contribution >= 4 is 130 Å². The van der Waals surface area contributed by atoms with Gasteiger partial charge in [-0.15, -0.1) is 0 Å². The second kappa shape index (κ2) is 31.8. The Labute approximate surface area is 498 Å². The first-order valence-electron chi connectivity index (χ1n) is 21.8. The van der Waals surface area contributed by atoms with Crippen LogP contribution in [0.3, 0.4) is 0 Å². The van der Waals surface area contributed by atoms with Crippen molar-refractivity contribution in [2.45, 2.75) is 0 Å². The van der Waals surface area contributed by atoms with Crippen LogP contribution in [0.25, 0.3) is 0 Å². The second-order valence-corrected chi connectivity index (χ2v) is 21.5. The minimum Gasteiger partial charge on any atom is -0.271 e. The van der Waals surface area contributed by atoms with Crippen molar-refractivity contribution in [1.29, 1.82) is 0 Å². The maximum atomic E-state index is 6.16. The van der Waals surface area contributed by atoms with Crippen LogP contribution in [0.1, 0.15) is 0 Å². The largest absolute Gasteiger partial charge is 0.528 e. The number of para-hydroxylation sites is 9. The molecule has 22 heteroatoms. The van der Waals surface area contributed by atoms with Crippen LogP contribution < -0.4 is 40.7 Å². The summed E-state index contributed by atoms with van der Waals surface area (Å²) in [5, 5.41) is 4.09. The van der Waals surface area contributed by atoms with E-state index in [1.54, 1.807) is 109 Å². The summed E-state index contributed by atoms with van der Waals surface area (Å²) < 4.78 is 52.8. The normalized spacial score (nSPS) is 10.4. The third kappa shape index (κ3) is 19.2. The molecule has 0 aliphatic heterocycles. The summed E-state index contributed by atoms with van der Waals surface area (Å²) in [6.07, 6.45) is 0. The minimum absolute atomic E-state index is 0. The molecule has 0 aromatic heterocycles. The molecule has 9 rings (SSSR count). The number of rotatable bonds is 18. The Bertz CT molecular complexity index is 2590. The zero-order valence-electron chi connectivity index (χ0n) is 38.7. The molecule has 0 bridgehead atoms. The molecule has 0 spiro atoms. The zero-order chi connectivity index (χ0) is 52.9. The summed E-state index contributed by atoms with van der Waals surface area (Å²) >= 11 is 55.5. The van der Waals surface area contributed by atoms with E-state index in [1.807, 2.05) is 109 Å². The van der Waals surface area contributed by atoms with Gasteiger partial charge in [0.1, 0.15) is 0 Å². The molecule has 76 heavy (non-hydrogen) atoms. The van der Waals surface area contributed by atoms with Crippen molar-refractivity contribution in [3.05, 3.63) is 264 Å². The molecular formula is C54H39Cl9NiO9P3+3. The van der Waals surface area contributed by atoms with Crippen molar-refractivity contribution in [3.8, 4) is 51.7 Å². The van der Waals surface area contributed by atoms with E-state index < -0.39 is 25.8 Å². The SMILES string of the molecule is Clc1ccccc1O[PH+](Oc1ccccc1Cl)Oc1ccccc1Cl.Clc1ccccc1O[PH+](Oc1ccccc1Cl)Oc1ccccc1Cl.Clc1ccccc1O[PH+](Oc1ccccc1Cl)Oc1ccccc1Cl.[Ni]. The van der Waals surface area contributed by atoms with Gasteiger partial charge in [-0.25, -0.2) is 0 Å². The Morgan fingerprint density at radius 1 is 0.171 bits per heavy atom. The van der Waals surface area contributed by atoms with Gasteiger partial charge in [-0.05, 0) is 109 Å². The molecule has 9 nitrogen and oxygen atoms in total. The van der Waals surface area contributed by atoms with Gasteiger partial charge < -0.3 is 0 Å². The summed E-state index contributed by atoms with van der Waals surface area (Å²) in [5.74, 6) is 4.10. The van der Waals surface area contributed by atoms with Gasteiger partial charge in [-0.2, -0.15) is 0 Å². The maximum absolute atomic E-state index is 6.16. The summed E-state index contributed by atoms with van der Waals surface area (Å²) in [7, 11) is -6.96. The van der Waals surface area contributed by atoms with Gasteiger partial charge in [0.05, 0.1) is 45.2 Å². The van der Waals surface area contributed by atoms with E-state index >= 15 is 0 Å². The van der Waals surface area contributed by atoms with E-state index in [0.717, 1.165) is 0 Å². The molecule has 0 unspecified atom stereocenters. The topological polar surface area (TPSA) is 83.1 Å². The van der Waals surface area contributed by atoms with Crippen LogP contribution in [0.5, 0.6) is 51.7 Å². The summed E-state index contributed by atoms with van der Waals surface area (Å²) in [4.78, 5) is 0. The van der Waals surface area contributed by atoms with Crippen LogP contribution in [0.2, 0.25) is 45.2 Å². The fourth-order valence-corrected chi connectivity index (χ4v) is 11.5. The van der Waals surface area contributed by atoms with Gasteiger partial charge in [-0.1, -0.05) is 214 Å². The van der Waals surface area contributed by atoms with Crippen LogP contribution >= 0.6 is 130 Å². The Morgan fingerprint density at radius 2 is 0.263 bits per heavy atom. The fourth-order valence-electron chi connectivity index (χ4n) is 5.74.